The Morgan fingerprint density at radius 2 is 2.29 bits per heavy atom. The van der Waals surface area contributed by atoms with Crippen molar-refractivity contribution in [2.45, 2.75) is 0 Å². The lowest BCUT2D eigenvalue weighted by molar-refractivity contribution is -0.114. The van der Waals surface area contributed by atoms with Gasteiger partial charge in [-0.25, -0.2) is 0 Å². The molecule has 0 unspecified atom stereocenters. The summed E-state index contributed by atoms with van der Waals surface area (Å²) >= 11 is 4.58. The van der Waals surface area contributed by atoms with Gasteiger partial charge in [0.05, 0.1) is 0 Å². The van der Waals surface area contributed by atoms with Crippen LogP contribution in [0.2, 0.25) is 0 Å². The van der Waals surface area contributed by atoms with Crippen LogP contribution in [0.5, 0.6) is 0 Å². The van der Waals surface area contributed by atoms with Crippen molar-refractivity contribution >= 4 is 23.1 Å². The Morgan fingerprint density at radius 1 is 1.57 bits per heavy atom. The second-order valence-corrected chi connectivity index (χ2v) is 1.63. The minimum atomic E-state index is -0.120. The first-order valence-electron chi connectivity index (χ1n) is 1.82. The van der Waals surface area contributed by atoms with E-state index in [1.807, 2.05) is 0 Å². The minimum Gasteiger partial charge on any atom is -0.313 e. The highest BCUT2D eigenvalue weighted by Gasteiger charge is 2.03. The van der Waals surface area contributed by atoms with E-state index in [0.717, 1.165) is 0 Å². The van der Waals surface area contributed by atoms with E-state index in [4.69, 9.17) is 0 Å². The van der Waals surface area contributed by atoms with Crippen LogP contribution >= 0.6 is 12.2 Å². The first kappa shape index (κ1) is 4.46. The van der Waals surface area contributed by atoms with E-state index in [0.29, 0.717) is 4.99 Å². The SMILES string of the molecule is O=C1C=CC(=S)N1. The van der Waals surface area contributed by atoms with Gasteiger partial charge in [-0.15, -0.1) is 0 Å². The normalized spacial score (nSPS) is 17.7. The molecule has 7 heavy (non-hydrogen) atoms. The van der Waals surface area contributed by atoms with Crippen molar-refractivity contribution in [3.8, 4) is 0 Å². The lowest BCUT2D eigenvalue weighted by atomic mass is 10.6. The maximum atomic E-state index is 10.2. The van der Waals surface area contributed by atoms with Gasteiger partial charge in [0.2, 0.25) is 5.91 Å². The van der Waals surface area contributed by atoms with Gasteiger partial charge in [-0.2, -0.15) is 0 Å². The third kappa shape index (κ3) is 0.838. The molecule has 1 N–H and O–H groups in total. The Kier molecular flexibility index (Phi) is 0.906. The van der Waals surface area contributed by atoms with Crippen molar-refractivity contribution in [1.82, 2.24) is 5.32 Å². The number of carbonyl (C=O) groups excluding carboxylic acids is 1. The molecule has 0 radical (unpaired) electrons. The lowest BCUT2D eigenvalue weighted by Gasteiger charge is -1.83. The second-order valence-electron chi connectivity index (χ2n) is 1.19. The van der Waals surface area contributed by atoms with E-state index in [2.05, 4.69) is 17.5 Å². The molecule has 0 saturated carbocycles. The Morgan fingerprint density at radius 3 is 2.43 bits per heavy atom. The predicted octanol–water partition coefficient (Wildman–Crippen LogP) is -0.000200. The molecule has 1 aliphatic rings. The Hall–Kier alpha value is -0.700. The number of hydrogen-bond acceptors (Lipinski definition) is 2. The van der Waals surface area contributed by atoms with Crippen LogP contribution in [0.15, 0.2) is 12.2 Å². The van der Waals surface area contributed by atoms with Crippen molar-refractivity contribution in [2.24, 2.45) is 0 Å². The molecule has 0 saturated heterocycles. The summed E-state index contributed by atoms with van der Waals surface area (Å²) in [7, 11) is 0. The van der Waals surface area contributed by atoms with Crippen LogP contribution in [0.3, 0.4) is 0 Å². The molecule has 0 spiro atoms. The van der Waals surface area contributed by atoms with Gasteiger partial charge in [-0.1, -0.05) is 12.2 Å². The van der Waals surface area contributed by atoms with Crippen LogP contribution < -0.4 is 5.32 Å². The van der Waals surface area contributed by atoms with E-state index in [1.54, 1.807) is 6.08 Å². The van der Waals surface area contributed by atoms with Crippen molar-refractivity contribution in [3.63, 3.8) is 0 Å². The zero-order valence-electron chi connectivity index (χ0n) is 3.47. The summed E-state index contributed by atoms with van der Waals surface area (Å²) in [6, 6.07) is 0. The third-order valence-electron chi connectivity index (χ3n) is 0.632. The maximum Gasteiger partial charge on any atom is 0.249 e. The van der Waals surface area contributed by atoms with E-state index in [9.17, 15) is 4.79 Å². The topological polar surface area (TPSA) is 29.1 Å². The van der Waals surface area contributed by atoms with Gasteiger partial charge in [0, 0.05) is 6.08 Å². The smallest absolute Gasteiger partial charge is 0.249 e. The van der Waals surface area contributed by atoms with E-state index in [-0.39, 0.29) is 5.91 Å². The van der Waals surface area contributed by atoms with Crippen molar-refractivity contribution in [1.29, 1.82) is 0 Å². The first-order chi connectivity index (χ1) is 3.29. The molecule has 1 aliphatic heterocycles. The van der Waals surface area contributed by atoms with E-state index >= 15 is 0 Å². The monoisotopic (exact) mass is 113 g/mol. The predicted molar refractivity (Wildman–Crippen MR) is 29.9 cm³/mol. The molecule has 0 aromatic rings. The van der Waals surface area contributed by atoms with Gasteiger partial charge in [0.15, 0.2) is 0 Å². The van der Waals surface area contributed by atoms with Crippen molar-refractivity contribution in [2.75, 3.05) is 0 Å². The van der Waals surface area contributed by atoms with Crippen LogP contribution in [0.25, 0.3) is 0 Å². The summed E-state index contributed by atoms with van der Waals surface area (Å²) in [4.78, 5) is 10.7. The Labute approximate surface area is 46.2 Å². The summed E-state index contributed by atoms with van der Waals surface area (Å²) in [5.41, 5.74) is 0. The fourth-order valence-electron chi connectivity index (χ4n) is 0.356. The van der Waals surface area contributed by atoms with Gasteiger partial charge >= 0.3 is 0 Å². The molecule has 0 aromatic heterocycles. The minimum absolute atomic E-state index is 0.120. The van der Waals surface area contributed by atoms with Gasteiger partial charge in [0.25, 0.3) is 0 Å². The molecule has 1 heterocycles. The average molecular weight is 113 g/mol. The molecule has 36 valence electrons. The Balaban J connectivity index is 2.76. The molecule has 0 bridgehead atoms. The molecule has 0 aliphatic carbocycles. The molecule has 3 heteroatoms. The highest BCUT2D eigenvalue weighted by Crippen LogP contribution is 1.85. The number of thiocarbonyl (C=S) groups is 1. The fourth-order valence-corrected chi connectivity index (χ4v) is 0.525. The number of hydrogen-bond donors (Lipinski definition) is 1. The van der Waals surface area contributed by atoms with Crippen LogP contribution in [0, 0.1) is 0 Å². The number of rotatable bonds is 0. The molecule has 0 atom stereocenters. The highest BCUT2D eigenvalue weighted by molar-refractivity contribution is 7.80. The molecular formula is C4H3NOS. The molecular weight excluding hydrogens is 110 g/mol. The molecule has 0 fully saturated rings. The largest absolute Gasteiger partial charge is 0.313 e. The summed E-state index contributed by atoms with van der Waals surface area (Å²) in [6.45, 7) is 0. The van der Waals surface area contributed by atoms with Gasteiger partial charge in [-0.05, 0) is 6.08 Å². The van der Waals surface area contributed by atoms with E-state index in [1.165, 1.54) is 6.08 Å². The van der Waals surface area contributed by atoms with Crippen molar-refractivity contribution in [3.05, 3.63) is 12.2 Å². The molecule has 0 aromatic carbocycles. The summed E-state index contributed by atoms with van der Waals surface area (Å²) in [6.07, 6.45) is 2.97. The fraction of sp³-hybridized carbons (Fsp3) is 0. The quantitative estimate of drug-likeness (QED) is 0.448. The van der Waals surface area contributed by atoms with Gasteiger partial charge in [-0.3, -0.25) is 4.79 Å². The van der Waals surface area contributed by atoms with E-state index < -0.39 is 0 Å². The van der Waals surface area contributed by atoms with Crippen molar-refractivity contribution < 1.29 is 4.79 Å². The zero-order chi connectivity index (χ0) is 5.28. The average Bonchev–Trinajstić information content (AvgIpc) is 1.87. The maximum absolute atomic E-state index is 10.2. The van der Waals surface area contributed by atoms with Crippen LogP contribution in [0.4, 0.5) is 0 Å². The van der Waals surface area contributed by atoms with Crippen LogP contribution in [-0.2, 0) is 4.79 Å². The number of amides is 1. The zero-order valence-corrected chi connectivity index (χ0v) is 4.29. The third-order valence-corrected chi connectivity index (χ3v) is 0.871. The number of nitrogens with one attached hydrogen (secondary N) is 1. The highest BCUT2D eigenvalue weighted by atomic mass is 32.1. The second kappa shape index (κ2) is 1.42. The summed E-state index contributed by atoms with van der Waals surface area (Å²) in [5.74, 6) is -0.120. The van der Waals surface area contributed by atoms with Gasteiger partial charge < -0.3 is 5.32 Å². The van der Waals surface area contributed by atoms with Crippen LogP contribution in [0.1, 0.15) is 0 Å². The van der Waals surface area contributed by atoms with Gasteiger partial charge in [0.1, 0.15) is 4.99 Å². The summed E-state index contributed by atoms with van der Waals surface area (Å²) < 4.78 is 0. The lowest BCUT2D eigenvalue weighted by Crippen LogP contribution is -2.18. The standard InChI is InChI=1S/C4H3NOS/c6-3-1-2-4(7)5-3/h1-2H,(H,5,6,7). The summed E-state index contributed by atoms with van der Waals surface area (Å²) in [5, 5.41) is 2.40. The molecule has 1 rings (SSSR count). The number of carbonyl (C=O) groups is 1. The molecule has 2 nitrogen and oxygen atoms in total. The molecule has 1 amide bonds. The Bertz CT molecular complexity index is 134. The van der Waals surface area contributed by atoms with Crippen LogP contribution in [-0.4, -0.2) is 10.9 Å². The first-order valence-corrected chi connectivity index (χ1v) is 2.23.